The Morgan fingerprint density at radius 3 is 2.71 bits per heavy atom. The molecule has 0 spiro atoms. The second-order valence-corrected chi connectivity index (χ2v) is 5.28. The van der Waals surface area contributed by atoms with E-state index >= 15 is 0 Å². The molecule has 0 amide bonds. The highest BCUT2D eigenvalue weighted by Gasteiger charge is 2.28. The molecule has 14 heavy (non-hydrogen) atoms. The molecular formula is C9H8O3S2. The van der Waals surface area contributed by atoms with E-state index in [2.05, 4.69) is 12.6 Å². The SMILES string of the molecule is O=S1(=O)C(CS)=Cc2cc(O)ccc21. The van der Waals surface area contributed by atoms with Crippen LogP contribution in [0.25, 0.3) is 6.08 Å². The van der Waals surface area contributed by atoms with Crippen molar-refractivity contribution in [3.63, 3.8) is 0 Å². The second-order valence-electron chi connectivity index (χ2n) is 2.99. The van der Waals surface area contributed by atoms with E-state index in [1.165, 1.54) is 24.3 Å². The van der Waals surface area contributed by atoms with Gasteiger partial charge in [-0.05, 0) is 29.8 Å². The summed E-state index contributed by atoms with van der Waals surface area (Å²) in [6.45, 7) is 0. The van der Waals surface area contributed by atoms with Crippen LogP contribution in [0, 0.1) is 0 Å². The maximum atomic E-state index is 11.7. The Morgan fingerprint density at radius 1 is 1.36 bits per heavy atom. The molecule has 0 atom stereocenters. The molecule has 0 aromatic heterocycles. The van der Waals surface area contributed by atoms with Gasteiger partial charge in [0.25, 0.3) is 0 Å². The average Bonchev–Trinajstić information content (AvgIpc) is 2.37. The van der Waals surface area contributed by atoms with Gasteiger partial charge in [0.1, 0.15) is 5.75 Å². The predicted octanol–water partition coefficient (Wildman–Crippen LogP) is 1.45. The Labute approximate surface area is 87.4 Å². The number of fused-ring (bicyclic) bond motifs is 1. The third kappa shape index (κ3) is 1.24. The largest absolute Gasteiger partial charge is 0.508 e. The highest BCUT2D eigenvalue weighted by atomic mass is 32.2. The smallest absolute Gasteiger partial charge is 0.204 e. The Hall–Kier alpha value is -0.940. The second kappa shape index (κ2) is 3.03. The van der Waals surface area contributed by atoms with Gasteiger partial charge in [0, 0.05) is 5.75 Å². The molecule has 1 aliphatic heterocycles. The molecule has 0 radical (unpaired) electrons. The summed E-state index contributed by atoms with van der Waals surface area (Å²) in [6, 6.07) is 4.21. The molecule has 1 heterocycles. The average molecular weight is 228 g/mol. The van der Waals surface area contributed by atoms with Gasteiger partial charge in [0.05, 0.1) is 9.80 Å². The molecule has 0 fully saturated rings. The number of phenolic OH excluding ortho intramolecular Hbond substituents is 1. The summed E-state index contributed by atoms with van der Waals surface area (Å²) in [6.07, 6.45) is 1.54. The molecule has 5 heteroatoms. The van der Waals surface area contributed by atoms with Gasteiger partial charge in [-0.1, -0.05) is 0 Å². The fourth-order valence-corrected chi connectivity index (χ4v) is 3.43. The van der Waals surface area contributed by atoms with Crippen LogP contribution >= 0.6 is 12.6 Å². The first-order valence-corrected chi connectivity index (χ1v) is 6.07. The van der Waals surface area contributed by atoms with Crippen molar-refractivity contribution in [2.75, 3.05) is 5.75 Å². The minimum absolute atomic E-state index is 0.0654. The lowest BCUT2D eigenvalue weighted by Gasteiger charge is -2.00. The van der Waals surface area contributed by atoms with Gasteiger partial charge in [-0.3, -0.25) is 0 Å². The molecule has 1 aromatic carbocycles. The van der Waals surface area contributed by atoms with Gasteiger partial charge in [-0.25, -0.2) is 8.42 Å². The Balaban J connectivity index is 2.71. The van der Waals surface area contributed by atoms with E-state index in [0.717, 1.165) is 0 Å². The van der Waals surface area contributed by atoms with E-state index in [-0.39, 0.29) is 21.3 Å². The van der Waals surface area contributed by atoms with Crippen molar-refractivity contribution in [2.45, 2.75) is 4.90 Å². The fourth-order valence-electron chi connectivity index (χ4n) is 1.42. The highest BCUT2D eigenvalue weighted by molar-refractivity contribution is 7.97. The molecule has 74 valence electrons. The van der Waals surface area contributed by atoms with Gasteiger partial charge >= 0.3 is 0 Å². The number of benzene rings is 1. The minimum Gasteiger partial charge on any atom is -0.508 e. The van der Waals surface area contributed by atoms with E-state index in [1.54, 1.807) is 0 Å². The summed E-state index contributed by atoms with van der Waals surface area (Å²) in [7, 11) is -3.34. The number of hydrogen-bond donors (Lipinski definition) is 2. The molecule has 1 N–H and O–H groups in total. The van der Waals surface area contributed by atoms with E-state index < -0.39 is 9.84 Å². The number of aromatic hydroxyl groups is 1. The summed E-state index contributed by atoms with van der Waals surface area (Å²) in [5.74, 6) is 0.244. The molecule has 0 aliphatic carbocycles. The first-order chi connectivity index (χ1) is 6.55. The molecule has 1 aliphatic rings. The summed E-state index contributed by atoms with van der Waals surface area (Å²) >= 11 is 3.95. The summed E-state index contributed by atoms with van der Waals surface area (Å²) in [4.78, 5) is 0.529. The van der Waals surface area contributed by atoms with Crippen molar-refractivity contribution >= 4 is 28.5 Å². The van der Waals surface area contributed by atoms with Crippen LogP contribution in [-0.2, 0) is 9.84 Å². The third-order valence-electron chi connectivity index (χ3n) is 2.10. The Kier molecular flexibility index (Phi) is 2.08. The maximum absolute atomic E-state index is 11.7. The van der Waals surface area contributed by atoms with Crippen LogP contribution in [0.4, 0.5) is 0 Å². The van der Waals surface area contributed by atoms with E-state index in [9.17, 15) is 13.5 Å². The zero-order valence-corrected chi connectivity index (χ0v) is 8.85. The topological polar surface area (TPSA) is 54.4 Å². The van der Waals surface area contributed by atoms with Gasteiger partial charge in [-0.15, -0.1) is 0 Å². The maximum Gasteiger partial charge on any atom is 0.204 e. The van der Waals surface area contributed by atoms with Gasteiger partial charge in [-0.2, -0.15) is 12.6 Å². The van der Waals surface area contributed by atoms with Crippen molar-refractivity contribution < 1.29 is 13.5 Å². The predicted molar refractivity (Wildman–Crippen MR) is 57.1 cm³/mol. The van der Waals surface area contributed by atoms with Crippen molar-refractivity contribution in [1.29, 1.82) is 0 Å². The molecule has 0 saturated heterocycles. The van der Waals surface area contributed by atoms with Gasteiger partial charge in [0.15, 0.2) is 0 Å². The number of hydrogen-bond acceptors (Lipinski definition) is 4. The Morgan fingerprint density at radius 2 is 2.07 bits per heavy atom. The molecule has 3 nitrogen and oxygen atoms in total. The van der Waals surface area contributed by atoms with Crippen LogP contribution in [0.15, 0.2) is 28.0 Å². The summed E-state index contributed by atoms with van der Waals surface area (Å²) in [5, 5.41) is 9.18. The first-order valence-electron chi connectivity index (χ1n) is 3.95. The van der Waals surface area contributed by atoms with Crippen molar-refractivity contribution in [3.05, 3.63) is 28.7 Å². The van der Waals surface area contributed by atoms with Crippen LogP contribution in [0.3, 0.4) is 0 Å². The van der Waals surface area contributed by atoms with E-state index in [1.807, 2.05) is 0 Å². The van der Waals surface area contributed by atoms with Crippen LogP contribution in [0.1, 0.15) is 5.56 Å². The lowest BCUT2D eigenvalue weighted by molar-refractivity contribution is 0.474. The normalized spacial score (nSPS) is 17.6. The summed E-state index contributed by atoms with van der Waals surface area (Å²) in [5.41, 5.74) is 0.536. The standard InChI is InChI=1S/C9H8O3S2/c10-7-1-2-9-6(3-7)4-8(5-13)14(9,11)12/h1-4,10,13H,5H2. The molecule has 2 rings (SSSR count). The van der Waals surface area contributed by atoms with Gasteiger partial charge in [0.2, 0.25) is 9.84 Å². The lowest BCUT2D eigenvalue weighted by Crippen LogP contribution is -2.01. The Bertz CT molecular complexity index is 515. The molecule has 1 aromatic rings. The van der Waals surface area contributed by atoms with Crippen LogP contribution < -0.4 is 0 Å². The zero-order chi connectivity index (χ0) is 10.3. The number of sulfone groups is 1. The van der Waals surface area contributed by atoms with Crippen LogP contribution in [0.5, 0.6) is 5.75 Å². The molecule has 0 saturated carbocycles. The number of rotatable bonds is 1. The lowest BCUT2D eigenvalue weighted by atomic mass is 10.2. The first kappa shape index (κ1) is 9.61. The minimum atomic E-state index is -3.34. The van der Waals surface area contributed by atoms with E-state index in [4.69, 9.17) is 0 Å². The highest BCUT2D eigenvalue weighted by Crippen LogP contribution is 2.34. The van der Waals surface area contributed by atoms with Crippen molar-refractivity contribution in [3.8, 4) is 5.75 Å². The monoisotopic (exact) mass is 228 g/mol. The van der Waals surface area contributed by atoms with E-state index in [0.29, 0.717) is 5.56 Å². The van der Waals surface area contributed by atoms with Crippen LogP contribution in [-0.4, -0.2) is 19.3 Å². The van der Waals surface area contributed by atoms with Crippen LogP contribution in [0.2, 0.25) is 0 Å². The summed E-state index contributed by atoms with van der Waals surface area (Å²) < 4.78 is 23.5. The number of phenols is 1. The molecular weight excluding hydrogens is 220 g/mol. The molecule has 0 bridgehead atoms. The third-order valence-corrected chi connectivity index (χ3v) is 4.56. The van der Waals surface area contributed by atoms with Gasteiger partial charge < -0.3 is 5.11 Å². The number of thiol groups is 1. The van der Waals surface area contributed by atoms with Crippen molar-refractivity contribution in [2.24, 2.45) is 0 Å². The zero-order valence-electron chi connectivity index (χ0n) is 7.14. The quantitative estimate of drug-likeness (QED) is 0.715. The van der Waals surface area contributed by atoms with Crippen molar-refractivity contribution in [1.82, 2.24) is 0 Å². The molecule has 0 unspecified atom stereocenters. The fraction of sp³-hybridized carbons (Fsp3) is 0.111.